The van der Waals surface area contributed by atoms with Gasteiger partial charge >= 0.3 is 5.97 Å². The zero-order chi connectivity index (χ0) is 21.3. The Morgan fingerprint density at radius 1 is 1.07 bits per heavy atom. The summed E-state index contributed by atoms with van der Waals surface area (Å²) in [6, 6.07) is 5.35. The molecule has 0 saturated carbocycles. The maximum absolute atomic E-state index is 12.8. The van der Waals surface area contributed by atoms with Crippen LogP contribution in [0.3, 0.4) is 0 Å². The van der Waals surface area contributed by atoms with E-state index in [0.717, 1.165) is 4.90 Å². The van der Waals surface area contributed by atoms with E-state index in [1.807, 2.05) is 13.8 Å². The number of carbonyl (C=O) groups excluding carboxylic acids is 4. The lowest BCUT2D eigenvalue weighted by Gasteiger charge is -2.35. The highest BCUT2D eigenvalue weighted by atomic mass is 16.5. The first kappa shape index (κ1) is 21.0. The van der Waals surface area contributed by atoms with Gasteiger partial charge in [0, 0.05) is 13.1 Å². The summed E-state index contributed by atoms with van der Waals surface area (Å²) < 4.78 is 10.8. The molecule has 2 aliphatic heterocycles. The number of nitrogens with zero attached hydrogens (tertiary/aromatic N) is 2. The molecule has 29 heavy (non-hydrogen) atoms. The lowest BCUT2D eigenvalue weighted by atomic mass is 10.0. The first-order valence-electron chi connectivity index (χ1n) is 9.77. The molecule has 8 heteroatoms. The molecule has 3 rings (SSSR count). The fourth-order valence-electron chi connectivity index (χ4n) is 3.83. The van der Waals surface area contributed by atoms with Crippen molar-refractivity contribution in [1.29, 1.82) is 0 Å². The van der Waals surface area contributed by atoms with Crippen molar-refractivity contribution in [3.05, 3.63) is 35.4 Å². The predicted octanol–water partition coefficient (Wildman–Crippen LogP) is 1.49. The van der Waals surface area contributed by atoms with Crippen LogP contribution in [0.2, 0.25) is 0 Å². The van der Waals surface area contributed by atoms with Gasteiger partial charge in [0.15, 0.2) is 6.61 Å². The molecule has 0 radical (unpaired) electrons. The van der Waals surface area contributed by atoms with Gasteiger partial charge in [-0.15, -0.1) is 0 Å². The van der Waals surface area contributed by atoms with Crippen molar-refractivity contribution < 1.29 is 28.7 Å². The second-order valence-electron chi connectivity index (χ2n) is 7.88. The van der Waals surface area contributed by atoms with Crippen molar-refractivity contribution in [1.82, 2.24) is 9.80 Å². The predicted molar refractivity (Wildman–Crippen MR) is 103 cm³/mol. The summed E-state index contributed by atoms with van der Waals surface area (Å²) in [7, 11) is 0. The van der Waals surface area contributed by atoms with Gasteiger partial charge in [0.25, 0.3) is 17.7 Å². The Kier molecular flexibility index (Phi) is 6.02. The summed E-state index contributed by atoms with van der Waals surface area (Å²) in [4.78, 5) is 53.2. The number of fused-ring (bicyclic) bond motifs is 1. The van der Waals surface area contributed by atoms with Gasteiger partial charge in [0.1, 0.15) is 6.04 Å². The third-order valence-corrected chi connectivity index (χ3v) is 5.09. The molecular formula is C21H26N2O6. The van der Waals surface area contributed by atoms with Crippen LogP contribution >= 0.6 is 0 Å². The van der Waals surface area contributed by atoms with E-state index in [0.29, 0.717) is 13.1 Å². The van der Waals surface area contributed by atoms with Crippen LogP contribution < -0.4 is 0 Å². The van der Waals surface area contributed by atoms with Crippen molar-refractivity contribution in [2.45, 2.75) is 45.9 Å². The van der Waals surface area contributed by atoms with Crippen molar-refractivity contribution in [2.24, 2.45) is 5.92 Å². The average molecular weight is 402 g/mol. The van der Waals surface area contributed by atoms with Crippen LogP contribution in [0.25, 0.3) is 0 Å². The smallest absolute Gasteiger partial charge is 0.330 e. The van der Waals surface area contributed by atoms with Gasteiger partial charge in [-0.05, 0) is 31.9 Å². The molecule has 2 aliphatic rings. The highest BCUT2D eigenvalue weighted by Crippen LogP contribution is 2.27. The maximum Gasteiger partial charge on any atom is 0.330 e. The summed E-state index contributed by atoms with van der Waals surface area (Å²) >= 11 is 0. The van der Waals surface area contributed by atoms with E-state index in [9.17, 15) is 19.2 Å². The van der Waals surface area contributed by atoms with E-state index in [1.54, 1.807) is 43.0 Å². The first-order valence-corrected chi connectivity index (χ1v) is 9.77. The molecule has 156 valence electrons. The lowest BCUT2D eigenvalue weighted by Crippen LogP contribution is -2.51. The molecule has 1 saturated heterocycles. The van der Waals surface area contributed by atoms with E-state index >= 15 is 0 Å². The molecule has 2 heterocycles. The number of amides is 3. The number of hydrogen-bond acceptors (Lipinski definition) is 6. The number of esters is 1. The molecule has 0 N–H and O–H groups in total. The van der Waals surface area contributed by atoms with Crippen molar-refractivity contribution in [3.63, 3.8) is 0 Å². The highest BCUT2D eigenvalue weighted by Gasteiger charge is 2.44. The van der Waals surface area contributed by atoms with E-state index in [1.165, 1.54) is 0 Å². The minimum absolute atomic E-state index is 0.0971. The zero-order valence-electron chi connectivity index (χ0n) is 17.1. The van der Waals surface area contributed by atoms with Crippen LogP contribution in [0, 0.1) is 5.92 Å². The Labute approximate surface area is 169 Å². The monoisotopic (exact) mass is 402 g/mol. The van der Waals surface area contributed by atoms with E-state index < -0.39 is 30.4 Å². The molecule has 0 aromatic heterocycles. The average Bonchev–Trinajstić information content (AvgIpc) is 2.91. The molecule has 0 unspecified atom stereocenters. The highest BCUT2D eigenvalue weighted by molar-refractivity contribution is 6.22. The lowest BCUT2D eigenvalue weighted by molar-refractivity contribution is -0.160. The summed E-state index contributed by atoms with van der Waals surface area (Å²) in [6.07, 6.45) is -0.194. The Hall–Kier alpha value is -2.74. The van der Waals surface area contributed by atoms with Crippen LogP contribution in [0.4, 0.5) is 0 Å². The third kappa shape index (κ3) is 4.17. The summed E-state index contributed by atoms with van der Waals surface area (Å²) in [5, 5.41) is 0. The number of hydrogen-bond donors (Lipinski definition) is 0. The van der Waals surface area contributed by atoms with Gasteiger partial charge in [0.05, 0.1) is 23.3 Å². The number of imide groups is 1. The van der Waals surface area contributed by atoms with Crippen LogP contribution in [-0.4, -0.2) is 71.4 Å². The Morgan fingerprint density at radius 3 is 2.07 bits per heavy atom. The number of benzene rings is 1. The minimum Gasteiger partial charge on any atom is -0.454 e. The number of morpholine rings is 1. The van der Waals surface area contributed by atoms with Gasteiger partial charge < -0.3 is 14.4 Å². The summed E-state index contributed by atoms with van der Waals surface area (Å²) in [5.41, 5.74) is 0.534. The molecule has 0 bridgehead atoms. The van der Waals surface area contributed by atoms with Gasteiger partial charge in [-0.1, -0.05) is 26.0 Å². The summed E-state index contributed by atoms with van der Waals surface area (Å²) in [6.45, 7) is 7.60. The van der Waals surface area contributed by atoms with Gasteiger partial charge in [-0.25, -0.2) is 4.79 Å². The molecule has 3 atom stereocenters. The Bertz CT molecular complexity index is 791. The maximum atomic E-state index is 12.8. The van der Waals surface area contributed by atoms with E-state index in [4.69, 9.17) is 9.47 Å². The van der Waals surface area contributed by atoms with Crippen molar-refractivity contribution in [2.75, 3.05) is 19.7 Å². The van der Waals surface area contributed by atoms with Crippen molar-refractivity contribution in [3.8, 4) is 0 Å². The number of carbonyl (C=O) groups is 4. The number of rotatable bonds is 5. The zero-order valence-corrected chi connectivity index (χ0v) is 17.1. The SMILES string of the molecule is CC(C)[C@@H](C(=O)OCC(=O)N1C[C@@H](C)O[C@H](C)C1)N1C(=O)c2ccccc2C1=O. The molecule has 0 spiro atoms. The molecular weight excluding hydrogens is 376 g/mol. The largest absolute Gasteiger partial charge is 0.454 e. The number of ether oxygens (including phenoxy) is 2. The second-order valence-corrected chi connectivity index (χ2v) is 7.88. The molecule has 8 nitrogen and oxygen atoms in total. The fraction of sp³-hybridized carbons (Fsp3) is 0.524. The molecule has 3 amide bonds. The Morgan fingerprint density at radius 2 is 1.59 bits per heavy atom. The van der Waals surface area contributed by atoms with Crippen LogP contribution in [0.1, 0.15) is 48.4 Å². The van der Waals surface area contributed by atoms with Gasteiger partial charge in [-0.2, -0.15) is 0 Å². The van der Waals surface area contributed by atoms with Gasteiger partial charge in [-0.3, -0.25) is 19.3 Å². The fourth-order valence-corrected chi connectivity index (χ4v) is 3.83. The van der Waals surface area contributed by atoms with Gasteiger partial charge in [0.2, 0.25) is 0 Å². The second kappa shape index (κ2) is 8.32. The first-order chi connectivity index (χ1) is 13.7. The van der Waals surface area contributed by atoms with E-state index in [2.05, 4.69) is 0 Å². The standard InChI is InChI=1S/C21H26N2O6/c1-12(2)18(23-19(25)15-7-5-6-8-16(15)20(23)26)21(27)28-11-17(24)22-9-13(3)29-14(4)10-22/h5-8,12-14,18H,9-11H2,1-4H3/t13-,14-,18+/m1/s1. The molecule has 1 fully saturated rings. The van der Waals surface area contributed by atoms with Crippen molar-refractivity contribution >= 4 is 23.7 Å². The molecule has 0 aliphatic carbocycles. The van der Waals surface area contributed by atoms with Crippen LogP contribution in [0.5, 0.6) is 0 Å². The molecule has 1 aromatic carbocycles. The third-order valence-electron chi connectivity index (χ3n) is 5.09. The summed E-state index contributed by atoms with van der Waals surface area (Å²) in [5.74, 6) is -2.52. The Balaban J connectivity index is 1.69. The topological polar surface area (TPSA) is 93.2 Å². The van der Waals surface area contributed by atoms with Crippen LogP contribution in [-0.2, 0) is 19.1 Å². The van der Waals surface area contributed by atoms with E-state index in [-0.39, 0.29) is 35.2 Å². The quantitative estimate of drug-likeness (QED) is 0.547. The normalized spacial score (nSPS) is 22.7. The van der Waals surface area contributed by atoms with Crippen LogP contribution in [0.15, 0.2) is 24.3 Å². The molecule has 1 aromatic rings. The minimum atomic E-state index is -1.10.